The highest BCUT2D eigenvalue weighted by atomic mass is 32.2. The third kappa shape index (κ3) is 5.45. The van der Waals surface area contributed by atoms with Crippen molar-refractivity contribution in [3.05, 3.63) is 34.8 Å². The average Bonchev–Trinajstić information content (AvgIpc) is 2.92. The number of aliphatic carboxylic acids is 1. The van der Waals surface area contributed by atoms with Gasteiger partial charge in [-0.25, -0.2) is 0 Å². The van der Waals surface area contributed by atoms with Crippen molar-refractivity contribution in [1.29, 1.82) is 0 Å². The van der Waals surface area contributed by atoms with E-state index in [0.717, 1.165) is 9.90 Å². The number of carbonyl (C=O) groups is 2. The summed E-state index contributed by atoms with van der Waals surface area (Å²) in [6.45, 7) is 2.04. The summed E-state index contributed by atoms with van der Waals surface area (Å²) >= 11 is 2.94. The summed E-state index contributed by atoms with van der Waals surface area (Å²) in [4.78, 5) is 23.0. The SMILES string of the molecule is Cc1ccc(SCc2nnc(NC(=O)CCC(=O)O)s2)cc1. The summed E-state index contributed by atoms with van der Waals surface area (Å²) in [6, 6.07) is 8.21. The highest BCUT2D eigenvalue weighted by Crippen LogP contribution is 2.26. The number of anilines is 1. The molecule has 0 atom stereocenters. The van der Waals surface area contributed by atoms with Crippen molar-refractivity contribution in [2.45, 2.75) is 30.4 Å². The van der Waals surface area contributed by atoms with E-state index in [9.17, 15) is 9.59 Å². The van der Waals surface area contributed by atoms with E-state index in [1.807, 2.05) is 6.92 Å². The normalized spacial score (nSPS) is 10.4. The van der Waals surface area contributed by atoms with Gasteiger partial charge in [-0.2, -0.15) is 0 Å². The Labute approximate surface area is 136 Å². The smallest absolute Gasteiger partial charge is 0.303 e. The van der Waals surface area contributed by atoms with E-state index in [0.29, 0.717) is 10.9 Å². The highest BCUT2D eigenvalue weighted by molar-refractivity contribution is 7.98. The Balaban J connectivity index is 1.82. The molecule has 0 saturated carbocycles. The number of aromatic nitrogens is 2. The Kier molecular flexibility index (Phi) is 5.91. The monoisotopic (exact) mass is 337 g/mol. The Morgan fingerprint density at radius 3 is 2.64 bits per heavy atom. The van der Waals surface area contributed by atoms with Gasteiger partial charge in [-0.15, -0.1) is 22.0 Å². The molecule has 0 aliphatic heterocycles. The van der Waals surface area contributed by atoms with Crippen molar-refractivity contribution in [1.82, 2.24) is 10.2 Å². The zero-order valence-electron chi connectivity index (χ0n) is 11.9. The van der Waals surface area contributed by atoms with Crippen LogP contribution in [0.1, 0.15) is 23.4 Å². The Hall–Kier alpha value is -1.93. The van der Waals surface area contributed by atoms with Gasteiger partial charge in [0.25, 0.3) is 0 Å². The van der Waals surface area contributed by atoms with E-state index < -0.39 is 5.97 Å². The number of rotatable bonds is 7. The first-order valence-electron chi connectivity index (χ1n) is 6.56. The van der Waals surface area contributed by atoms with Crippen LogP contribution < -0.4 is 5.32 Å². The van der Waals surface area contributed by atoms with Gasteiger partial charge in [0.2, 0.25) is 11.0 Å². The molecule has 0 bridgehead atoms. The molecule has 6 nitrogen and oxygen atoms in total. The fourth-order valence-corrected chi connectivity index (χ4v) is 3.18. The molecule has 0 aliphatic rings. The molecule has 1 amide bonds. The second-order valence-corrected chi connectivity index (χ2v) is 6.66. The molecule has 0 aliphatic carbocycles. The van der Waals surface area contributed by atoms with Gasteiger partial charge < -0.3 is 10.4 Å². The maximum Gasteiger partial charge on any atom is 0.303 e. The van der Waals surface area contributed by atoms with Crippen LogP contribution >= 0.6 is 23.1 Å². The largest absolute Gasteiger partial charge is 0.481 e. The predicted octanol–water partition coefficient (Wildman–Crippen LogP) is 2.94. The van der Waals surface area contributed by atoms with Crippen molar-refractivity contribution in [3.63, 3.8) is 0 Å². The van der Waals surface area contributed by atoms with Crippen LogP contribution in [0.4, 0.5) is 5.13 Å². The molecule has 1 aromatic carbocycles. The first-order valence-corrected chi connectivity index (χ1v) is 8.36. The van der Waals surface area contributed by atoms with Crippen molar-refractivity contribution < 1.29 is 14.7 Å². The number of benzene rings is 1. The molecule has 2 aromatic rings. The molecular formula is C14H15N3O3S2. The number of thioether (sulfide) groups is 1. The summed E-state index contributed by atoms with van der Waals surface area (Å²) in [7, 11) is 0. The molecule has 1 heterocycles. The molecule has 8 heteroatoms. The zero-order valence-corrected chi connectivity index (χ0v) is 13.5. The lowest BCUT2D eigenvalue weighted by molar-refractivity contribution is -0.138. The van der Waals surface area contributed by atoms with Gasteiger partial charge in [0.05, 0.1) is 12.2 Å². The number of hydrogen-bond donors (Lipinski definition) is 2. The predicted molar refractivity (Wildman–Crippen MR) is 86.1 cm³/mol. The summed E-state index contributed by atoms with van der Waals surface area (Å²) in [5, 5.41) is 20.2. The maximum atomic E-state index is 11.5. The number of carboxylic acids is 1. The minimum absolute atomic E-state index is 0.0671. The second kappa shape index (κ2) is 7.90. The molecule has 0 radical (unpaired) electrons. The summed E-state index contributed by atoms with van der Waals surface area (Å²) in [5.74, 6) is -0.690. The van der Waals surface area contributed by atoms with E-state index in [2.05, 4.69) is 39.8 Å². The van der Waals surface area contributed by atoms with Gasteiger partial charge in [0, 0.05) is 11.3 Å². The van der Waals surface area contributed by atoms with Crippen LogP contribution in [-0.4, -0.2) is 27.2 Å². The van der Waals surface area contributed by atoms with E-state index in [1.54, 1.807) is 11.8 Å². The number of carboxylic acid groups (broad SMARTS) is 1. The Morgan fingerprint density at radius 2 is 1.95 bits per heavy atom. The van der Waals surface area contributed by atoms with Gasteiger partial charge in [0.15, 0.2) is 0 Å². The van der Waals surface area contributed by atoms with Gasteiger partial charge in [-0.3, -0.25) is 9.59 Å². The van der Waals surface area contributed by atoms with Crippen molar-refractivity contribution >= 4 is 40.1 Å². The van der Waals surface area contributed by atoms with Crippen LogP contribution in [0.15, 0.2) is 29.2 Å². The van der Waals surface area contributed by atoms with Gasteiger partial charge >= 0.3 is 5.97 Å². The van der Waals surface area contributed by atoms with Crippen LogP contribution in [0.3, 0.4) is 0 Å². The number of nitrogens with one attached hydrogen (secondary N) is 1. The lowest BCUT2D eigenvalue weighted by Gasteiger charge is -1.99. The molecule has 1 aromatic heterocycles. The van der Waals surface area contributed by atoms with Crippen LogP contribution in [0.25, 0.3) is 0 Å². The van der Waals surface area contributed by atoms with Crippen molar-refractivity contribution in [2.24, 2.45) is 0 Å². The van der Waals surface area contributed by atoms with Crippen LogP contribution in [0.5, 0.6) is 0 Å². The first kappa shape index (κ1) is 16.4. The average molecular weight is 337 g/mol. The van der Waals surface area contributed by atoms with E-state index in [1.165, 1.54) is 16.9 Å². The van der Waals surface area contributed by atoms with E-state index >= 15 is 0 Å². The topological polar surface area (TPSA) is 92.2 Å². The quantitative estimate of drug-likeness (QED) is 0.755. The molecule has 2 rings (SSSR count). The van der Waals surface area contributed by atoms with Gasteiger partial charge in [-0.1, -0.05) is 29.0 Å². The number of hydrogen-bond acceptors (Lipinski definition) is 6. The third-order valence-electron chi connectivity index (χ3n) is 2.66. The van der Waals surface area contributed by atoms with E-state index in [4.69, 9.17) is 5.11 Å². The first-order chi connectivity index (χ1) is 10.5. The highest BCUT2D eigenvalue weighted by Gasteiger charge is 2.10. The fourth-order valence-electron chi connectivity index (χ4n) is 1.54. The van der Waals surface area contributed by atoms with Crippen molar-refractivity contribution in [3.8, 4) is 0 Å². The third-order valence-corrected chi connectivity index (χ3v) is 4.71. The number of nitrogens with zero attached hydrogens (tertiary/aromatic N) is 2. The molecular weight excluding hydrogens is 322 g/mol. The van der Waals surface area contributed by atoms with Crippen LogP contribution in [0, 0.1) is 6.92 Å². The molecule has 0 unspecified atom stereocenters. The summed E-state index contributed by atoms with van der Waals surface area (Å²) in [5.41, 5.74) is 1.21. The van der Waals surface area contributed by atoms with Crippen LogP contribution in [0.2, 0.25) is 0 Å². The Morgan fingerprint density at radius 1 is 1.23 bits per heavy atom. The van der Waals surface area contributed by atoms with E-state index in [-0.39, 0.29) is 18.7 Å². The van der Waals surface area contributed by atoms with Crippen LogP contribution in [-0.2, 0) is 15.3 Å². The van der Waals surface area contributed by atoms with Gasteiger partial charge in [0.1, 0.15) is 5.01 Å². The number of amides is 1. The second-order valence-electron chi connectivity index (χ2n) is 4.54. The molecule has 0 fully saturated rings. The lowest BCUT2D eigenvalue weighted by atomic mass is 10.2. The molecule has 22 heavy (non-hydrogen) atoms. The molecule has 2 N–H and O–H groups in total. The maximum absolute atomic E-state index is 11.5. The summed E-state index contributed by atoms with van der Waals surface area (Å²) in [6.07, 6.45) is -0.261. The fraction of sp³-hybridized carbons (Fsp3) is 0.286. The number of carbonyl (C=O) groups excluding carboxylic acids is 1. The lowest BCUT2D eigenvalue weighted by Crippen LogP contribution is -2.12. The molecule has 0 saturated heterocycles. The Bertz CT molecular complexity index is 656. The minimum Gasteiger partial charge on any atom is -0.481 e. The zero-order chi connectivity index (χ0) is 15.9. The molecule has 116 valence electrons. The number of aryl methyl sites for hydroxylation is 1. The van der Waals surface area contributed by atoms with Gasteiger partial charge in [-0.05, 0) is 19.1 Å². The summed E-state index contributed by atoms with van der Waals surface area (Å²) < 4.78 is 0. The minimum atomic E-state index is -0.998. The standard InChI is InChI=1S/C14H15N3O3S2/c1-9-2-4-10(5-3-9)21-8-12-16-17-14(22-12)15-11(18)6-7-13(19)20/h2-5H,6-8H2,1H3,(H,19,20)(H,15,17,18). The molecule has 0 spiro atoms. The van der Waals surface area contributed by atoms with Crippen molar-refractivity contribution in [2.75, 3.05) is 5.32 Å².